The minimum Gasteiger partial charge on any atom is -0.464 e. The molecule has 2 aliphatic heterocycles. The van der Waals surface area contributed by atoms with Crippen molar-refractivity contribution in [3.63, 3.8) is 0 Å². The number of carbonyl (C=O) groups is 3. The van der Waals surface area contributed by atoms with E-state index in [2.05, 4.69) is 0 Å². The van der Waals surface area contributed by atoms with E-state index in [1.54, 1.807) is 25.2 Å². The smallest absolute Gasteiger partial charge is 0.343 e. The van der Waals surface area contributed by atoms with E-state index in [9.17, 15) is 14.4 Å². The van der Waals surface area contributed by atoms with E-state index in [1.165, 1.54) is 13.2 Å². The molecule has 0 aromatic carbocycles. The second-order valence-corrected chi connectivity index (χ2v) is 6.51. The Morgan fingerprint density at radius 1 is 1.32 bits per heavy atom. The third kappa shape index (κ3) is 2.51. The first kappa shape index (κ1) is 17.1. The Hall–Kier alpha value is -2.69. The fourth-order valence-electron chi connectivity index (χ4n) is 3.11. The van der Waals surface area contributed by atoms with Crippen molar-refractivity contribution in [2.75, 3.05) is 0 Å². The van der Waals surface area contributed by atoms with Gasteiger partial charge in [-0.2, -0.15) is 0 Å². The number of hydrogen-bond acceptors (Lipinski definition) is 5. The molecule has 0 amide bonds. The first-order valence-corrected chi connectivity index (χ1v) is 8.33. The number of allylic oxidation sites excluding steroid dienone is 4. The lowest BCUT2D eigenvalue weighted by Crippen LogP contribution is -2.41. The van der Waals surface area contributed by atoms with E-state index >= 15 is 0 Å². The van der Waals surface area contributed by atoms with Gasteiger partial charge in [-0.1, -0.05) is 19.9 Å². The Labute approximate surface area is 146 Å². The second-order valence-electron chi connectivity index (χ2n) is 6.51. The highest BCUT2D eigenvalue weighted by atomic mass is 16.6. The Kier molecular flexibility index (Phi) is 4.11. The third-order valence-electron chi connectivity index (χ3n) is 4.82. The molecule has 2 unspecified atom stereocenters. The zero-order valence-electron chi connectivity index (χ0n) is 14.7. The van der Waals surface area contributed by atoms with Gasteiger partial charge in [-0.05, 0) is 44.1 Å². The van der Waals surface area contributed by atoms with Crippen LogP contribution in [0.4, 0.5) is 0 Å². The van der Waals surface area contributed by atoms with Gasteiger partial charge in [0.15, 0.2) is 11.4 Å². The summed E-state index contributed by atoms with van der Waals surface area (Å²) in [4.78, 5) is 37.9. The molecule has 0 aromatic rings. The molecule has 0 bridgehead atoms. The highest BCUT2D eigenvalue weighted by Crippen LogP contribution is 2.44. The molecule has 0 spiro atoms. The first-order chi connectivity index (χ1) is 11.8. The molecular weight excluding hydrogens is 320 g/mol. The predicted molar refractivity (Wildman–Crippen MR) is 91.1 cm³/mol. The van der Waals surface area contributed by atoms with Gasteiger partial charge in [0.1, 0.15) is 17.6 Å². The van der Waals surface area contributed by atoms with Gasteiger partial charge in [0.25, 0.3) is 0 Å². The molecule has 25 heavy (non-hydrogen) atoms. The van der Waals surface area contributed by atoms with Crippen LogP contribution in [-0.4, -0.2) is 23.1 Å². The minimum absolute atomic E-state index is 0.00998. The predicted octanol–water partition coefficient (Wildman–Crippen LogP) is 3.10. The Bertz CT molecular complexity index is 834. The molecule has 0 aromatic heterocycles. The molecule has 0 fully saturated rings. The molecule has 5 nitrogen and oxygen atoms in total. The highest BCUT2D eigenvalue weighted by molar-refractivity contribution is 6.25. The third-order valence-corrected chi connectivity index (χ3v) is 4.82. The van der Waals surface area contributed by atoms with Crippen LogP contribution in [0.5, 0.6) is 0 Å². The lowest BCUT2D eigenvalue weighted by molar-refractivity contribution is -0.153. The van der Waals surface area contributed by atoms with Crippen LogP contribution < -0.4 is 0 Å². The largest absolute Gasteiger partial charge is 0.464 e. The van der Waals surface area contributed by atoms with Crippen LogP contribution in [0.3, 0.4) is 0 Å². The van der Waals surface area contributed by atoms with Crippen molar-refractivity contribution >= 4 is 17.5 Å². The zero-order valence-corrected chi connectivity index (χ0v) is 14.7. The summed E-state index contributed by atoms with van der Waals surface area (Å²) in [6.45, 7) is 7.03. The molecule has 2 atom stereocenters. The van der Waals surface area contributed by atoms with E-state index in [4.69, 9.17) is 9.47 Å². The van der Waals surface area contributed by atoms with Crippen molar-refractivity contribution in [2.24, 2.45) is 5.92 Å². The van der Waals surface area contributed by atoms with Gasteiger partial charge >= 0.3 is 5.97 Å². The summed E-state index contributed by atoms with van der Waals surface area (Å²) in [6, 6.07) is 0. The van der Waals surface area contributed by atoms with Crippen molar-refractivity contribution in [1.29, 1.82) is 0 Å². The van der Waals surface area contributed by atoms with E-state index in [-0.39, 0.29) is 23.1 Å². The molecule has 3 rings (SSSR count). The summed E-state index contributed by atoms with van der Waals surface area (Å²) in [5.74, 6) is -1.13. The molecule has 0 radical (unpaired) electrons. The summed E-state index contributed by atoms with van der Waals surface area (Å²) in [6.07, 6.45) is 8.97. The van der Waals surface area contributed by atoms with Crippen LogP contribution in [0.25, 0.3) is 0 Å². The van der Waals surface area contributed by atoms with Gasteiger partial charge in [0.05, 0.1) is 5.57 Å². The summed E-state index contributed by atoms with van der Waals surface area (Å²) in [7, 11) is 0. The standard InChI is InChI=1S/C20H20O5/c1-5-7-13-8-12-9-15-16(17(21)11(3)6-2)19(23)25-20(15,4)18(22)14(12)10-24-13/h5,7-11H,6H2,1-4H3/b7-5-. The van der Waals surface area contributed by atoms with Gasteiger partial charge in [-0.25, -0.2) is 4.79 Å². The molecule has 1 aliphatic carbocycles. The molecule has 0 N–H and O–H groups in total. The SMILES string of the molecule is C/C=C\C1=CC2=CC3=C(C(=O)C(C)CC)C(=O)OC3(C)C(=O)C2=CO1. The summed E-state index contributed by atoms with van der Waals surface area (Å²) in [5.41, 5.74) is -0.184. The molecular formula is C20H20O5. The number of Topliss-reactive ketones (excluding diaryl/α,β-unsaturated/α-hetero) is 2. The number of esters is 1. The quantitative estimate of drug-likeness (QED) is 0.581. The van der Waals surface area contributed by atoms with Crippen molar-refractivity contribution in [3.05, 3.63) is 58.6 Å². The maximum absolute atomic E-state index is 12.9. The summed E-state index contributed by atoms with van der Waals surface area (Å²) >= 11 is 0. The van der Waals surface area contributed by atoms with Crippen LogP contribution >= 0.6 is 0 Å². The number of fused-ring (bicyclic) bond motifs is 2. The Balaban J connectivity index is 2.19. The fraction of sp³-hybridized carbons (Fsp3) is 0.350. The van der Waals surface area contributed by atoms with Crippen molar-refractivity contribution in [1.82, 2.24) is 0 Å². The second kappa shape index (κ2) is 5.99. The maximum atomic E-state index is 12.9. The van der Waals surface area contributed by atoms with Gasteiger partial charge in [-0.3, -0.25) is 9.59 Å². The Morgan fingerprint density at radius 2 is 2.04 bits per heavy atom. The van der Waals surface area contributed by atoms with Crippen molar-refractivity contribution in [3.8, 4) is 0 Å². The van der Waals surface area contributed by atoms with Gasteiger partial charge < -0.3 is 9.47 Å². The van der Waals surface area contributed by atoms with Crippen molar-refractivity contribution < 1.29 is 23.9 Å². The van der Waals surface area contributed by atoms with Gasteiger partial charge in [0, 0.05) is 11.5 Å². The zero-order chi connectivity index (χ0) is 18.4. The van der Waals surface area contributed by atoms with Crippen LogP contribution in [0.1, 0.15) is 34.1 Å². The van der Waals surface area contributed by atoms with Gasteiger partial charge in [0.2, 0.25) is 5.78 Å². The monoisotopic (exact) mass is 340 g/mol. The molecule has 5 heteroatoms. The topological polar surface area (TPSA) is 69.7 Å². The lowest BCUT2D eigenvalue weighted by atomic mass is 9.76. The highest BCUT2D eigenvalue weighted by Gasteiger charge is 2.54. The number of ether oxygens (including phenoxy) is 2. The van der Waals surface area contributed by atoms with Crippen LogP contribution in [0, 0.1) is 5.92 Å². The van der Waals surface area contributed by atoms with Crippen LogP contribution in [0.2, 0.25) is 0 Å². The van der Waals surface area contributed by atoms with Crippen molar-refractivity contribution in [2.45, 2.75) is 39.7 Å². The minimum atomic E-state index is -1.47. The van der Waals surface area contributed by atoms with Crippen LogP contribution in [-0.2, 0) is 23.9 Å². The summed E-state index contributed by atoms with van der Waals surface area (Å²) < 4.78 is 10.8. The average Bonchev–Trinajstić information content (AvgIpc) is 2.85. The Morgan fingerprint density at radius 3 is 2.68 bits per heavy atom. The maximum Gasteiger partial charge on any atom is 0.343 e. The molecule has 0 saturated heterocycles. The molecule has 2 heterocycles. The number of carbonyl (C=O) groups excluding carboxylic acids is 3. The van der Waals surface area contributed by atoms with E-state index in [1.807, 2.05) is 19.9 Å². The van der Waals surface area contributed by atoms with E-state index < -0.39 is 11.6 Å². The number of rotatable bonds is 4. The van der Waals surface area contributed by atoms with E-state index in [0.717, 1.165) is 0 Å². The lowest BCUT2D eigenvalue weighted by Gasteiger charge is -2.30. The van der Waals surface area contributed by atoms with Crippen LogP contribution in [0.15, 0.2) is 58.6 Å². The van der Waals surface area contributed by atoms with Gasteiger partial charge in [-0.15, -0.1) is 0 Å². The first-order valence-electron chi connectivity index (χ1n) is 8.33. The average molecular weight is 340 g/mol. The normalized spacial score (nSPS) is 26.3. The number of hydrogen-bond donors (Lipinski definition) is 0. The summed E-state index contributed by atoms with van der Waals surface area (Å²) in [5, 5.41) is 0. The molecule has 130 valence electrons. The van der Waals surface area contributed by atoms with E-state index in [0.29, 0.717) is 28.9 Å². The fourth-order valence-corrected chi connectivity index (χ4v) is 3.11. The molecule has 3 aliphatic rings. The molecule has 0 saturated carbocycles. The number of ketones is 2.